The highest BCUT2D eigenvalue weighted by Gasteiger charge is 2.24. The van der Waals surface area contributed by atoms with Crippen LogP contribution in [0.25, 0.3) is 0 Å². The van der Waals surface area contributed by atoms with E-state index in [4.69, 9.17) is 9.15 Å². The molecule has 0 saturated carbocycles. The van der Waals surface area contributed by atoms with Crippen molar-refractivity contribution < 1.29 is 13.9 Å². The van der Waals surface area contributed by atoms with E-state index in [-0.39, 0.29) is 23.7 Å². The monoisotopic (exact) mass is 262 g/mol. The molecule has 0 aromatic carbocycles. The molecule has 1 N–H and O–H groups in total. The summed E-state index contributed by atoms with van der Waals surface area (Å²) in [5, 5.41) is 6.87. The Hall–Kier alpha value is -2.15. The normalized spacial score (nSPS) is 18.1. The molecule has 1 aliphatic rings. The summed E-state index contributed by atoms with van der Waals surface area (Å²) in [7, 11) is 1.65. The topological polar surface area (TPSA) is 82.2 Å². The molecule has 1 atom stereocenters. The molecule has 0 spiro atoms. The van der Waals surface area contributed by atoms with Crippen LogP contribution in [0.15, 0.2) is 22.8 Å². The highest BCUT2D eigenvalue weighted by molar-refractivity contribution is 6.01. The molecule has 2 aromatic rings. The van der Waals surface area contributed by atoms with E-state index in [0.29, 0.717) is 0 Å². The Kier molecular flexibility index (Phi) is 3.04. The standard InChI is InChI=1S/C12H14N4O3/c1-18-8-4-2-6-16-10(8)13-12(15-16)14-11(17)9-5-3-7-19-9/h3,5,7-8H,2,4,6H2,1H3,(H,14,15,17). The second-order valence-corrected chi connectivity index (χ2v) is 4.31. The van der Waals surface area contributed by atoms with E-state index in [1.807, 2.05) is 0 Å². The lowest BCUT2D eigenvalue weighted by Gasteiger charge is -2.19. The van der Waals surface area contributed by atoms with Crippen LogP contribution in [0, 0.1) is 0 Å². The molecule has 1 unspecified atom stereocenters. The second kappa shape index (κ2) is 4.85. The van der Waals surface area contributed by atoms with E-state index in [1.165, 1.54) is 6.26 Å². The molecule has 7 nitrogen and oxygen atoms in total. The Balaban J connectivity index is 1.79. The number of aromatic nitrogens is 3. The van der Waals surface area contributed by atoms with Gasteiger partial charge in [-0.05, 0) is 25.0 Å². The van der Waals surface area contributed by atoms with E-state index >= 15 is 0 Å². The lowest BCUT2D eigenvalue weighted by molar-refractivity contribution is 0.0697. The minimum atomic E-state index is -0.359. The van der Waals surface area contributed by atoms with Crippen molar-refractivity contribution >= 4 is 11.9 Å². The van der Waals surface area contributed by atoms with E-state index in [1.54, 1.807) is 23.9 Å². The number of nitrogens with one attached hydrogen (secondary N) is 1. The van der Waals surface area contributed by atoms with Crippen LogP contribution in [0.2, 0.25) is 0 Å². The Morgan fingerprint density at radius 3 is 3.26 bits per heavy atom. The number of hydrogen-bond donors (Lipinski definition) is 1. The van der Waals surface area contributed by atoms with Crippen LogP contribution in [-0.2, 0) is 11.3 Å². The van der Waals surface area contributed by atoms with Crippen molar-refractivity contribution in [2.75, 3.05) is 12.4 Å². The van der Waals surface area contributed by atoms with Crippen LogP contribution in [-0.4, -0.2) is 27.8 Å². The summed E-state index contributed by atoms with van der Waals surface area (Å²) < 4.78 is 12.1. The molecule has 0 fully saturated rings. The number of ether oxygens (including phenoxy) is 1. The van der Waals surface area contributed by atoms with Crippen LogP contribution >= 0.6 is 0 Å². The van der Waals surface area contributed by atoms with Gasteiger partial charge < -0.3 is 9.15 Å². The number of carbonyl (C=O) groups is 1. The summed E-state index contributed by atoms with van der Waals surface area (Å²) in [5.41, 5.74) is 0. The number of rotatable bonds is 3. The summed E-state index contributed by atoms with van der Waals surface area (Å²) in [6, 6.07) is 3.24. The zero-order valence-electron chi connectivity index (χ0n) is 10.5. The largest absolute Gasteiger partial charge is 0.459 e. The quantitative estimate of drug-likeness (QED) is 0.908. The highest BCUT2D eigenvalue weighted by atomic mass is 16.5. The number of nitrogens with zero attached hydrogens (tertiary/aromatic N) is 3. The van der Waals surface area contributed by atoms with Crippen LogP contribution in [0.4, 0.5) is 5.95 Å². The van der Waals surface area contributed by atoms with E-state index < -0.39 is 0 Å². The van der Waals surface area contributed by atoms with Crippen LogP contribution < -0.4 is 5.32 Å². The fourth-order valence-corrected chi connectivity index (χ4v) is 2.16. The molecular weight excluding hydrogens is 248 g/mol. The molecule has 0 saturated heterocycles. The van der Waals surface area contributed by atoms with Gasteiger partial charge in [-0.1, -0.05) is 0 Å². The molecule has 1 amide bonds. The smallest absolute Gasteiger partial charge is 0.293 e. The van der Waals surface area contributed by atoms with Gasteiger partial charge in [-0.2, -0.15) is 4.98 Å². The van der Waals surface area contributed by atoms with Crippen LogP contribution in [0.5, 0.6) is 0 Å². The van der Waals surface area contributed by atoms with Gasteiger partial charge in [-0.15, -0.1) is 5.10 Å². The Morgan fingerprint density at radius 2 is 2.53 bits per heavy atom. The molecule has 2 aromatic heterocycles. The molecular formula is C12H14N4O3. The maximum Gasteiger partial charge on any atom is 0.293 e. The fraction of sp³-hybridized carbons (Fsp3) is 0.417. The van der Waals surface area contributed by atoms with Gasteiger partial charge in [0.25, 0.3) is 5.91 Å². The number of hydrogen-bond acceptors (Lipinski definition) is 5. The third kappa shape index (κ3) is 2.24. The molecule has 19 heavy (non-hydrogen) atoms. The Bertz CT molecular complexity index is 576. The predicted molar refractivity (Wildman–Crippen MR) is 65.7 cm³/mol. The van der Waals surface area contributed by atoms with Gasteiger partial charge in [0.2, 0.25) is 5.95 Å². The highest BCUT2D eigenvalue weighted by Crippen LogP contribution is 2.26. The van der Waals surface area contributed by atoms with Crippen molar-refractivity contribution in [3.63, 3.8) is 0 Å². The number of methoxy groups -OCH3 is 1. The van der Waals surface area contributed by atoms with Crippen molar-refractivity contribution in [1.29, 1.82) is 0 Å². The zero-order chi connectivity index (χ0) is 13.2. The molecule has 3 rings (SSSR count). The molecule has 3 heterocycles. The lowest BCUT2D eigenvalue weighted by atomic mass is 10.1. The Labute approximate surface area is 109 Å². The minimum absolute atomic E-state index is 0.0597. The molecule has 0 aliphatic carbocycles. The van der Waals surface area contributed by atoms with Gasteiger partial charge in [0, 0.05) is 13.7 Å². The van der Waals surface area contributed by atoms with Gasteiger partial charge in [-0.3, -0.25) is 10.1 Å². The number of fused-ring (bicyclic) bond motifs is 1. The fourth-order valence-electron chi connectivity index (χ4n) is 2.16. The first kappa shape index (κ1) is 11.9. The first-order chi connectivity index (χ1) is 9.28. The minimum Gasteiger partial charge on any atom is -0.459 e. The average molecular weight is 262 g/mol. The second-order valence-electron chi connectivity index (χ2n) is 4.31. The number of carbonyl (C=O) groups excluding carboxylic acids is 1. The summed E-state index contributed by atoms with van der Waals surface area (Å²) in [6.07, 6.45) is 3.29. The van der Waals surface area contributed by atoms with Crippen LogP contribution in [0.1, 0.15) is 35.3 Å². The molecule has 7 heteroatoms. The van der Waals surface area contributed by atoms with Gasteiger partial charge >= 0.3 is 0 Å². The zero-order valence-corrected chi connectivity index (χ0v) is 10.5. The van der Waals surface area contributed by atoms with Crippen molar-refractivity contribution in [2.45, 2.75) is 25.5 Å². The number of aryl methyl sites for hydroxylation is 1. The third-order valence-electron chi connectivity index (χ3n) is 3.08. The summed E-state index contributed by atoms with van der Waals surface area (Å²) >= 11 is 0. The molecule has 1 aliphatic heterocycles. The molecule has 0 bridgehead atoms. The number of furan rings is 1. The maximum atomic E-state index is 11.8. The van der Waals surface area contributed by atoms with E-state index in [9.17, 15) is 4.79 Å². The van der Waals surface area contributed by atoms with Crippen molar-refractivity contribution in [1.82, 2.24) is 14.8 Å². The van der Waals surface area contributed by atoms with Crippen LogP contribution in [0.3, 0.4) is 0 Å². The first-order valence-electron chi connectivity index (χ1n) is 6.10. The third-order valence-corrected chi connectivity index (χ3v) is 3.08. The summed E-state index contributed by atoms with van der Waals surface area (Å²) in [4.78, 5) is 16.1. The average Bonchev–Trinajstić information content (AvgIpc) is 3.06. The Morgan fingerprint density at radius 1 is 1.63 bits per heavy atom. The van der Waals surface area contributed by atoms with Gasteiger partial charge in [0.05, 0.1) is 6.26 Å². The van der Waals surface area contributed by atoms with Gasteiger partial charge in [0.1, 0.15) is 6.10 Å². The maximum absolute atomic E-state index is 11.8. The SMILES string of the molecule is COC1CCCn2nc(NC(=O)c3ccco3)nc21. The van der Waals surface area contributed by atoms with Crippen molar-refractivity contribution in [3.05, 3.63) is 30.0 Å². The van der Waals surface area contributed by atoms with Gasteiger partial charge in [0.15, 0.2) is 11.6 Å². The number of anilines is 1. The van der Waals surface area contributed by atoms with E-state index in [2.05, 4.69) is 15.4 Å². The predicted octanol–water partition coefficient (Wildman–Crippen LogP) is 1.60. The first-order valence-corrected chi connectivity index (χ1v) is 6.10. The summed E-state index contributed by atoms with van der Waals surface area (Å²) in [5.74, 6) is 0.904. The van der Waals surface area contributed by atoms with Gasteiger partial charge in [-0.25, -0.2) is 4.68 Å². The lowest BCUT2D eigenvalue weighted by Crippen LogP contribution is -2.18. The van der Waals surface area contributed by atoms with Crippen molar-refractivity contribution in [2.24, 2.45) is 0 Å². The summed E-state index contributed by atoms with van der Waals surface area (Å²) in [6.45, 7) is 0.790. The molecule has 100 valence electrons. The van der Waals surface area contributed by atoms with Crippen molar-refractivity contribution in [3.8, 4) is 0 Å². The number of amides is 1. The molecule has 0 radical (unpaired) electrons. The van der Waals surface area contributed by atoms with E-state index in [0.717, 1.165) is 25.2 Å².